The van der Waals surface area contributed by atoms with Crippen molar-refractivity contribution in [3.63, 3.8) is 0 Å². The van der Waals surface area contributed by atoms with Gasteiger partial charge in [0.25, 0.3) is 0 Å². The number of methoxy groups -OCH3 is 1. The molecule has 10 heteroatoms. The van der Waals surface area contributed by atoms with Gasteiger partial charge in [-0.1, -0.05) is 17.4 Å². The van der Waals surface area contributed by atoms with Gasteiger partial charge in [0.15, 0.2) is 15.0 Å². The molecule has 7 nitrogen and oxygen atoms in total. The molecule has 0 aliphatic carbocycles. The Hall–Kier alpha value is -2.56. The number of rotatable bonds is 10. The van der Waals surface area contributed by atoms with E-state index in [1.807, 2.05) is 31.1 Å². The fraction of sp³-hybridized carbons (Fsp3) is 0.364. The average molecular weight is 480 g/mol. The van der Waals surface area contributed by atoms with Crippen LogP contribution in [0.2, 0.25) is 0 Å². The zero-order chi connectivity index (χ0) is 23.3. The SMILES string of the molecule is COc1cccc2sc(N(CCCN(C)C)C(=O)CCS(=O)(=O)c3ccc(F)cc3)nc12. The first-order valence-corrected chi connectivity index (χ1v) is 12.5. The average Bonchev–Trinajstić information content (AvgIpc) is 3.19. The number of fused-ring (bicyclic) bond motifs is 1. The van der Waals surface area contributed by atoms with Crippen LogP contribution < -0.4 is 9.64 Å². The van der Waals surface area contributed by atoms with E-state index in [-0.39, 0.29) is 23.0 Å². The van der Waals surface area contributed by atoms with E-state index in [1.54, 1.807) is 18.1 Å². The van der Waals surface area contributed by atoms with E-state index in [4.69, 9.17) is 4.74 Å². The van der Waals surface area contributed by atoms with Gasteiger partial charge in [0.2, 0.25) is 5.91 Å². The molecule has 32 heavy (non-hydrogen) atoms. The lowest BCUT2D eigenvalue weighted by Gasteiger charge is -2.21. The topological polar surface area (TPSA) is 79.8 Å². The van der Waals surface area contributed by atoms with Crippen LogP contribution >= 0.6 is 11.3 Å². The van der Waals surface area contributed by atoms with Crippen molar-refractivity contribution < 1.29 is 22.3 Å². The molecule has 3 aromatic rings. The smallest absolute Gasteiger partial charge is 0.229 e. The normalized spacial score (nSPS) is 11.8. The third-order valence-corrected chi connectivity index (χ3v) is 7.64. The van der Waals surface area contributed by atoms with Crippen LogP contribution in [0.15, 0.2) is 47.4 Å². The van der Waals surface area contributed by atoms with Crippen LogP contribution in [0.3, 0.4) is 0 Å². The van der Waals surface area contributed by atoms with Gasteiger partial charge in [-0.2, -0.15) is 0 Å². The van der Waals surface area contributed by atoms with Crippen LogP contribution in [-0.4, -0.2) is 64.3 Å². The maximum Gasteiger partial charge on any atom is 0.229 e. The molecule has 3 rings (SSSR count). The van der Waals surface area contributed by atoms with Gasteiger partial charge in [-0.15, -0.1) is 0 Å². The molecule has 1 amide bonds. The zero-order valence-corrected chi connectivity index (χ0v) is 19.9. The summed E-state index contributed by atoms with van der Waals surface area (Å²) in [5.41, 5.74) is 0.666. The summed E-state index contributed by atoms with van der Waals surface area (Å²) in [6, 6.07) is 10.2. The molecule has 2 aromatic carbocycles. The molecule has 172 valence electrons. The first-order valence-electron chi connectivity index (χ1n) is 10.1. The van der Waals surface area contributed by atoms with Crippen molar-refractivity contribution in [1.29, 1.82) is 0 Å². The Kier molecular flexibility index (Phi) is 7.81. The first kappa shape index (κ1) is 24.1. The summed E-state index contributed by atoms with van der Waals surface area (Å²) < 4.78 is 44.6. The number of hydrogen-bond donors (Lipinski definition) is 0. The van der Waals surface area contributed by atoms with Gasteiger partial charge in [-0.3, -0.25) is 9.69 Å². The lowest BCUT2D eigenvalue weighted by atomic mass is 10.3. The van der Waals surface area contributed by atoms with Gasteiger partial charge in [0.05, 0.1) is 22.5 Å². The number of aromatic nitrogens is 1. The summed E-state index contributed by atoms with van der Waals surface area (Å²) in [6.45, 7) is 1.18. The highest BCUT2D eigenvalue weighted by atomic mass is 32.2. The second-order valence-electron chi connectivity index (χ2n) is 7.53. The predicted molar refractivity (Wildman–Crippen MR) is 125 cm³/mol. The fourth-order valence-electron chi connectivity index (χ4n) is 3.18. The second-order valence-corrected chi connectivity index (χ2v) is 10.6. The number of halogens is 1. The number of hydrogen-bond acceptors (Lipinski definition) is 7. The van der Waals surface area contributed by atoms with Crippen molar-refractivity contribution in [3.8, 4) is 5.75 Å². The maximum atomic E-state index is 13.1. The summed E-state index contributed by atoms with van der Waals surface area (Å²) in [6.07, 6.45) is 0.505. The molecule has 0 radical (unpaired) electrons. The minimum Gasteiger partial charge on any atom is -0.494 e. The quantitative estimate of drug-likeness (QED) is 0.414. The summed E-state index contributed by atoms with van der Waals surface area (Å²) in [5, 5.41) is 0.507. The Bertz CT molecular complexity index is 1180. The molecule has 1 heterocycles. The Morgan fingerprint density at radius 3 is 2.50 bits per heavy atom. The van der Waals surface area contributed by atoms with Gasteiger partial charge in [-0.25, -0.2) is 17.8 Å². The van der Waals surface area contributed by atoms with E-state index in [0.29, 0.717) is 29.4 Å². The highest BCUT2D eigenvalue weighted by Gasteiger charge is 2.24. The molecule has 0 bridgehead atoms. The maximum absolute atomic E-state index is 13.1. The van der Waals surface area contributed by atoms with Gasteiger partial charge < -0.3 is 9.64 Å². The van der Waals surface area contributed by atoms with E-state index in [1.165, 1.54) is 23.5 Å². The molecule has 0 N–H and O–H groups in total. The molecule has 0 saturated heterocycles. The summed E-state index contributed by atoms with van der Waals surface area (Å²) in [4.78, 5) is 21.3. The number of thiazole rings is 1. The van der Waals surface area contributed by atoms with Crippen LogP contribution in [0.25, 0.3) is 10.2 Å². The Morgan fingerprint density at radius 1 is 1.12 bits per heavy atom. The number of anilines is 1. The van der Waals surface area contributed by atoms with Crippen molar-refractivity contribution in [3.05, 3.63) is 48.3 Å². The molecule has 0 aliphatic rings. The lowest BCUT2D eigenvalue weighted by Crippen LogP contribution is -2.34. The highest BCUT2D eigenvalue weighted by Crippen LogP contribution is 2.34. The van der Waals surface area contributed by atoms with E-state index in [2.05, 4.69) is 4.98 Å². The summed E-state index contributed by atoms with van der Waals surface area (Å²) >= 11 is 1.36. The van der Waals surface area contributed by atoms with Crippen molar-refractivity contribution >= 4 is 42.4 Å². The van der Waals surface area contributed by atoms with Gasteiger partial charge >= 0.3 is 0 Å². The largest absolute Gasteiger partial charge is 0.494 e. The molecular formula is C22H26FN3O4S2. The summed E-state index contributed by atoms with van der Waals surface area (Å²) in [7, 11) is 1.74. The van der Waals surface area contributed by atoms with E-state index in [0.717, 1.165) is 23.4 Å². The fourth-order valence-corrected chi connectivity index (χ4v) is 5.44. The number of benzene rings is 2. The second kappa shape index (κ2) is 10.4. The molecule has 0 saturated carbocycles. The highest BCUT2D eigenvalue weighted by molar-refractivity contribution is 7.91. The Balaban J connectivity index is 1.81. The standard InChI is InChI=1S/C22H26FN3O4S2/c1-25(2)13-5-14-26(22-24-21-18(30-3)6-4-7-19(21)31-22)20(27)12-15-32(28,29)17-10-8-16(23)9-11-17/h4,6-11H,5,12-15H2,1-3H3. The van der Waals surface area contributed by atoms with Gasteiger partial charge in [0.1, 0.15) is 17.1 Å². The van der Waals surface area contributed by atoms with E-state index >= 15 is 0 Å². The molecule has 0 atom stereocenters. The molecule has 0 aliphatic heterocycles. The monoisotopic (exact) mass is 479 g/mol. The number of amides is 1. The number of ether oxygens (including phenoxy) is 1. The molecular weight excluding hydrogens is 453 g/mol. The van der Waals surface area contributed by atoms with Crippen molar-refractivity contribution in [2.24, 2.45) is 0 Å². The number of carbonyl (C=O) groups is 1. The Morgan fingerprint density at radius 2 is 1.84 bits per heavy atom. The number of carbonyl (C=O) groups excluding carboxylic acids is 1. The Labute approximate surface area is 191 Å². The van der Waals surface area contributed by atoms with Crippen molar-refractivity contribution in [2.75, 3.05) is 44.9 Å². The van der Waals surface area contributed by atoms with Crippen LogP contribution in [0, 0.1) is 5.82 Å². The van der Waals surface area contributed by atoms with Crippen molar-refractivity contribution in [2.45, 2.75) is 17.7 Å². The molecule has 0 spiro atoms. The van der Waals surface area contributed by atoms with Crippen LogP contribution in [0.5, 0.6) is 5.75 Å². The summed E-state index contributed by atoms with van der Waals surface area (Å²) in [5.74, 6) is -0.592. The number of sulfone groups is 1. The number of para-hydroxylation sites is 1. The minimum absolute atomic E-state index is 0.00409. The first-order chi connectivity index (χ1) is 15.2. The van der Waals surface area contributed by atoms with Crippen LogP contribution in [-0.2, 0) is 14.6 Å². The zero-order valence-electron chi connectivity index (χ0n) is 18.2. The van der Waals surface area contributed by atoms with Gasteiger partial charge in [0, 0.05) is 13.0 Å². The number of nitrogens with zero attached hydrogens (tertiary/aromatic N) is 3. The minimum atomic E-state index is -3.72. The van der Waals surface area contributed by atoms with E-state index < -0.39 is 15.7 Å². The van der Waals surface area contributed by atoms with Crippen LogP contribution in [0.1, 0.15) is 12.8 Å². The van der Waals surface area contributed by atoms with Crippen molar-refractivity contribution in [1.82, 2.24) is 9.88 Å². The van der Waals surface area contributed by atoms with Crippen LogP contribution in [0.4, 0.5) is 9.52 Å². The third kappa shape index (κ3) is 5.81. The van der Waals surface area contributed by atoms with E-state index in [9.17, 15) is 17.6 Å². The predicted octanol–water partition coefficient (Wildman–Crippen LogP) is 3.59. The lowest BCUT2D eigenvalue weighted by molar-refractivity contribution is -0.118. The molecule has 0 unspecified atom stereocenters. The molecule has 1 aromatic heterocycles. The molecule has 0 fully saturated rings. The third-order valence-electron chi connectivity index (χ3n) is 4.87. The van der Waals surface area contributed by atoms with Gasteiger partial charge in [-0.05, 0) is 63.5 Å².